The van der Waals surface area contributed by atoms with Crippen LogP contribution in [-0.2, 0) is 16.8 Å². The minimum absolute atomic E-state index is 0.0385. The van der Waals surface area contributed by atoms with E-state index in [1.165, 1.54) is 12.5 Å². The van der Waals surface area contributed by atoms with Crippen molar-refractivity contribution in [2.45, 2.75) is 46.1 Å². The molecule has 32 heavy (non-hydrogen) atoms. The molecule has 3 aromatic rings. The van der Waals surface area contributed by atoms with Gasteiger partial charge < -0.3 is 4.74 Å². The normalized spacial score (nSPS) is 11.3. The summed E-state index contributed by atoms with van der Waals surface area (Å²) in [4.78, 5) is 23.2. The van der Waals surface area contributed by atoms with Crippen LogP contribution in [0.15, 0.2) is 60.7 Å². The van der Waals surface area contributed by atoms with Crippen LogP contribution in [0.25, 0.3) is 11.1 Å². The molecule has 3 nitrogen and oxygen atoms in total. The van der Waals surface area contributed by atoms with E-state index in [2.05, 4.69) is 45.0 Å². The molecule has 0 saturated heterocycles. The maximum Gasteiger partial charge on any atom is 0.178 e. The quantitative estimate of drug-likeness (QED) is 0.307. The number of halogens is 2. The van der Waals surface area contributed by atoms with Crippen LogP contribution in [0.1, 0.15) is 55.6 Å². The summed E-state index contributed by atoms with van der Waals surface area (Å²) >= 11 is 0. The van der Waals surface area contributed by atoms with Crippen LogP contribution in [0.5, 0.6) is 5.75 Å². The van der Waals surface area contributed by atoms with E-state index in [1.807, 2.05) is 24.3 Å². The number of hydrogen-bond acceptors (Lipinski definition) is 3. The second kappa shape index (κ2) is 9.43. The Morgan fingerprint density at radius 3 is 2.22 bits per heavy atom. The number of ether oxygens (including phenoxy) is 1. The second-order valence-electron chi connectivity index (χ2n) is 8.85. The SMILES string of the molecule is CC(=O)CC(=O)c1c(F)ccc(OCc2cccc(-c3ccc(C(C)(C)C)cc3)c2)c1F. The minimum atomic E-state index is -1.09. The minimum Gasteiger partial charge on any atom is -0.486 e. The highest BCUT2D eigenvalue weighted by Gasteiger charge is 2.22. The molecular formula is C27H26F2O3. The summed E-state index contributed by atoms with van der Waals surface area (Å²) in [5.41, 5.74) is 3.39. The van der Waals surface area contributed by atoms with Crippen molar-refractivity contribution in [3.63, 3.8) is 0 Å². The molecule has 0 amide bonds. The molecule has 0 atom stereocenters. The molecule has 0 radical (unpaired) electrons. The van der Waals surface area contributed by atoms with Crippen molar-refractivity contribution in [2.75, 3.05) is 0 Å². The van der Waals surface area contributed by atoms with E-state index in [9.17, 15) is 18.4 Å². The van der Waals surface area contributed by atoms with Gasteiger partial charge in [-0.1, -0.05) is 63.2 Å². The second-order valence-corrected chi connectivity index (χ2v) is 8.85. The Hall–Kier alpha value is -3.34. The van der Waals surface area contributed by atoms with Gasteiger partial charge in [0.2, 0.25) is 0 Å². The largest absolute Gasteiger partial charge is 0.486 e. The average Bonchev–Trinajstić information content (AvgIpc) is 2.72. The summed E-state index contributed by atoms with van der Waals surface area (Å²) in [5, 5.41) is 0. The van der Waals surface area contributed by atoms with Crippen LogP contribution in [0.3, 0.4) is 0 Å². The zero-order valence-corrected chi connectivity index (χ0v) is 18.7. The number of Topliss-reactive ketones (excluding diaryl/α,β-unsaturated/α-hetero) is 2. The van der Waals surface area contributed by atoms with Crippen molar-refractivity contribution in [3.05, 3.63) is 89.0 Å². The first kappa shape index (κ1) is 23.3. The van der Waals surface area contributed by atoms with Crippen LogP contribution in [-0.4, -0.2) is 11.6 Å². The average molecular weight is 436 g/mol. The van der Waals surface area contributed by atoms with E-state index >= 15 is 0 Å². The zero-order valence-electron chi connectivity index (χ0n) is 18.7. The van der Waals surface area contributed by atoms with Gasteiger partial charge in [0.1, 0.15) is 18.2 Å². The van der Waals surface area contributed by atoms with Gasteiger partial charge in [0.15, 0.2) is 17.3 Å². The van der Waals surface area contributed by atoms with Crippen molar-refractivity contribution in [3.8, 4) is 16.9 Å². The van der Waals surface area contributed by atoms with Gasteiger partial charge in [-0.2, -0.15) is 0 Å². The Bertz CT molecular complexity index is 1140. The lowest BCUT2D eigenvalue weighted by atomic mass is 9.86. The van der Waals surface area contributed by atoms with Crippen LogP contribution in [0.2, 0.25) is 0 Å². The third-order valence-electron chi connectivity index (χ3n) is 5.15. The van der Waals surface area contributed by atoms with Crippen LogP contribution in [0.4, 0.5) is 8.78 Å². The van der Waals surface area contributed by atoms with Crippen LogP contribution in [0, 0.1) is 11.6 Å². The molecule has 0 aliphatic heterocycles. The molecule has 0 aliphatic rings. The van der Waals surface area contributed by atoms with Crippen molar-refractivity contribution in [1.82, 2.24) is 0 Å². The topological polar surface area (TPSA) is 43.4 Å². The van der Waals surface area contributed by atoms with Gasteiger partial charge in [0, 0.05) is 0 Å². The Kier molecular flexibility index (Phi) is 6.87. The summed E-state index contributed by atoms with van der Waals surface area (Å²) in [7, 11) is 0. The fourth-order valence-electron chi connectivity index (χ4n) is 3.38. The fourth-order valence-corrected chi connectivity index (χ4v) is 3.38. The number of benzene rings is 3. The summed E-state index contributed by atoms with van der Waals surface area (Å²) in [6, 6.07) is 18.1. The molecule has 0 unspecified atom stereocenters. The van der Waals surface area contributed by atoms with E-state index in [1.54, 1.807) is 0 Å². The van der Waals surface area contributed by atoms with E-state index < -0.39 is 35.2 Å². The first-order valence-corrected chi connectivity index (χ1v) is 10.4. The standard InChI is InChI=1S/C27H26F2O3/c1-17(30)14-23(31)25-22(28)12-13-24(26(25)29)32-16-18-6-5-7-20(15-18)19-8-10-21(11-9-19)27(2,3)4/h5-13,15H,14,16H2,1-4H3. The predicted molar refractivity (Wildman–Crippen MR) is 121 cm³/mol. The lowest BCUT2D eigenvalue weighted by molar-refractivity contribution is -0.116. The van der Waals surface area contributed by atoms with E-state index in [4.69, 9.17) is 4.74 Å². The third kappa shape index (κ3) is 5.47. The molecule has 166 valence electrons. The molecule has 0 saturated carbocycles. The number of carbonyl (C=O) groups excluding carboxylic acids is 2. The monoisotopic (exact) mass is 436 g/mol. The fraction of sp³-hybridized carbons (Fsp3) is 0.259. The molecule has 0 aromatic heterocycles. The first-order valence-electron chi connectivity index (χ1n) is 10.4. The van der Waals surface area contributed by atoms with Gasteiger partial charge >= 0.3 is 0 Å². The molecule has 5 heteroatoms. The summed E-state index contributed by atoms with van der Waals surface area (Å²) in [6.45, 7) is 7.71. The van der Waals surface area contributed by atoms with E-state index in [-0.39, 0.29) is 17.8 Å². The highest BCUT2D eigenvalue weighted by atomic mass is 19.1. The van der Waals surface area contributed by atoms with Crippen LogP contribution < -0.4 is 4.74 Å². The van der Waals surface area contributed by atoms with Crippen LogP contribution >= 0.6 is 0 Å². The van der Waals surface area contributed by atoms with Crippen molar-refractivity contribution in [1.29, 1.82) is 0 Å². The lowest BCUT2D eigenvalue weighted by Crippen LogP contribution is -2.11. The number of ketones is 2. The molecule has 0 aliphatic carbocycles. The highest BCUT2D eigenvalue weighted by Crippen LogP contribution is 2.28. The van der Waals surface area contributed by atoms with E-state index in [0.29, 0.717) is 0 Å². The van der Waals surface area contributed by atoms with Gasteiger partial charge in [0.05, 0.1) is 12.0 Å². The molecule has 3 aromatic carbocycles. The Balaban J connectivity index is 1.79. The predicted octanol–water partition coefficient (Wildman–Crippen LogP) is 6.67. The lowest BCUT2D eigenvalue weighted by Gasteiger charge is -2.19. The molecule has 0 fully saturated rings. The van der Waals surface area contributed by atoms with Crippen molar-refractivity contribution in [2.24, 2.45) is 0 Å². The Labute approximate surface area is 187 Å². The zero-order chi connectivity index (χ0) is 23.5. The van der Waals surface area contributed by atoms with Gasteiger partial charge in [-0.25, -0.2) is 8.78 Å². The molecular weight excluding hydrogens is 410 g/mol. The van der Waals surface area contributed by atoms with Gasteiger partial charge in [-0.05, 0) is 52.8 Å². The van der Waals surface area contributed by atoms with Gasteiger partial charge in [-0.3, -0.25) is 9.59 Å². The third-order valence-corrected chi connectivity index (χ3v) is 5.15. The molecule has 0 N–H and O–H groups in total. The molecule has 0 heterocycles. The highest BCUT2D eigenvalue weighted by molar-refractivity contribution is 6.07. The first-order chi connectivity index (χ1) is 15.1. The molecule has 3 rings (SSSR count). The summed E-state index contributed by atoms with van der Waals surface area (Å²) < 4.78 is 34.3. The summed E-state index contributed by atoms with van der Waals surface area (Å²) in [6.07, 6.45) is -0.562. The molecule has 0 bridgehead atoms. The smallest absolute Gasteiger partial charge is 0.178 e. The Morgan fingerprint density at radius 2 is 1.59 bits per heavy atom. The maximum absolute atomic E-state index is 14.7. The van der Waals surface area contributed by atoms with Gasteiger partial charge in [-0.15, -0.1) is 0 Å². The maximum atomic E-state index is 14.7. The van der Waals surface area contributed by atoms with Gasteiger partial charge in [0.25, 0.3) is 0 Å². The molecule has 0 spiro atoms. The van der Waals surface area contributed by atoms with Crippen molar-refractivity contribution < 1.29 is 23.1 Å². The Morgan fingerprint density at radius 1 is 0.906 bits per heavy atom. The van der Waals surface area contributed by atoms with Crippen molar-refractivity contribution >= 4 is 11.6 Å². The number of rotatable bonds is 7. The number of hydrogen-bond donors (Lipinski definition) is 0. The van der Waals surface area contributed by atoms with E-state index in [0.717, 1.165) is 28.8 Å². The summed E-state index contributed by atoms with van der Waals surface area (Å²) in [5.74, 6) is -3.71. The number of carbonyl (C=O) groups is 2.